The molecule has 1 saturated carbocycles. The number of hydrogen-bond acceptors (Lipinski definition) is 4. The van der Waals surface area contributed by atoms with Crippen molar-refractivity contribution in [1.82, 2.24) is 10.6 Å². The van der Waals surface area contributed by atoms with Crippen LogP contribution in [0.1, 0.15) is 34.3 Å². The molecule has 2 rings (SSSR count). The first-order chi connectivity index (χ1) is 9.06. The molecule has 1 aliphatic rings. The van der Waals surface area contributed by atoms with Gasteiger partial charge in [0.2, 0.25) is 0 Å². The lowest BCUT2D eigenvalue weighted by Gasteiger charge is -2.04. The van der Waals surface area contributed by atoms with Gasteiger partial charge >= 0.3 is 11.8 Å². The quantitative estimate of drug-likeness (QED) is 0.621. The Balaban J connectivity index is 1.71. The molecule has 5 nitrogen and oxygen atoms in total. The van der Waals surface area contributed by atoms with Crippen molar-refractivity contribution < 1.29 is 14.4 Å². The summed E-state index contributed by atoms with van der Waals surface area (Å²) in [5.74, 6) is -1.10. The molecule has 0 bridgehead atoms. The number of rotatable bonds is 5. The monoisotopic (exact) mass is 280 g/mol. The van der Waals surface area contributed by atoms with Gasteiger partial charge in [0, 0.05) is 17.5 Å². The van der Waals surface area contributed by atoms with Crippen molar-refractivity contribution in [1.29, 1.82) is 0 Å². The number of carbonyl (C=O) groups is 3. The van der Waals surface area contributed by atoms with Crippen LogP contribution in [0.5, 0.6) is 0 Å². The van der Waals surface area contributed by atoms with Crippen molar-refractivity contribution in [3.05, 3.63) is 21.9 Å². The molecule has 1 aliphatic carbocycles. The summed E-state index contributed by atoms with van der Waals surface area (Å²) in [6, 6.07) is 3.84. The second kappa shape index (κ2) is 5.97. The zero-order chi connectivity index (χ0) is 13.8. The molecule has 2 amide bonds. The van der Waals surface area contributed by atoms with E-state index in [2.05, 4.69) is 10.6 Å². The van der Waals surface area contributed by atoms with Crippen molar-refractivity contribution in [3.63, 3.8) is 0 Å². The number of nitrogens with one attached hydrogen (secondary N) is 2. The zero-order valence-electron chi connectivity index (χ0n) is 10.7. The van der Waals surface area contributed by atoms with Crippen LogP contribution in [-0.4, -0.2) is 30.2 Å². The summed E-state index contributed by atoms with van der Waals surface area (Å²) in [7, 11) is 0. The molecule has 0 aliphatic heterocycles. The van der Waals surface area contributed by atoms with Gasteiger partial charge in [0.1, 0.15) is 0 Å². The van der Waals surface area contributed by atoms with E-state index in [0.29, 0.717) is 17.8 Å². The van der Waals surface area contributed by atoms with E-state index in [-0.39, 0.29) is 11.8 Å². The van der Waals surface area contributed by atoms with Crippen LogP contribution in [0.25, 0.3) is 0 Å². The molecule has 1 heterocycles. The minimum Gasteiger partial charge on any atom is -0.347 e. The van der Waals surface area contributed by atoms with E-state index in [4.69, 9.17) is 0 Å². The van der Waals surface area contributed by atoms with E-state index in [0.717, 1.165) is 17.7 Å². The maximum atomic E-state index is 11.4. The average Bonchev–Trinajstić information content (AvgIpc) is 3.04. The SMILES string of the molecule is CC(=O)c1ccc(CCNC(=O)C(=O)NC2CC2)s1. The second-order valence-corrected chi connectivity index (χ2v) is 5.74. The van der Waals surface area contributed by atoms with Crippen LogP contribution >= 0.6 is 11.3 Å². The molecule has 1 fully saturated rings. The maximum absolute atomic E-state index is 11.4. The number of thiophene rings is 1. The second-order valence-electron chi connectivity index (χ2n) is 4.58. The third kappa shape index (κ3) is 4.17. The number of hydrogen-bond donors (Lipinski definition) is 2. The van der Waals surface area contributed by atoms with Crippen molar-refractivity contribution >= 4 is 28.9 Å². The molecule has 0 unspecified atom stereocenters. The van der Waals surface area contributed by atoms with E-state index < -0.39 is 11.8 Å². The molecule has 0 spiro atoms. The van der Waals surface area contributed by atoms with Crippen LogP contribution in [0.2, 0.25) is 0 Å². The first-order valence-corrected chi connectivity index (χ1v) is 7.06. The Morgan fingerprint density at radius 1 is 1.26 bits per heavy atom. The predicted octanol–water partition coefficient (Wildman–Crippen LogP) is 0.888. The van der Waals surface area contributed by atoms with Gasteiger partial charge in [0.05, 0.1) is 4.88 Å². The average molecular weight is 280 g/mol. The van der Waals surface area contributed by atoms with Gasteiger partial charge in [-0.1, -0.05) is 0 Å². The van der Waals surface area contributed by atoms with Crippen molar-refractivity contribution in [2.75, 3.05) is 6.54 Å². The summed E-state index contributed by atoms with van der Waals surface area (Å²) in [5.41, 5.74) is 0. The fourth-order valence-corrected chi connectivity index (χ4v) is 2.46. The number of amides is 2. The molecule has 0 saturated heterocycles. The van der Waals surface area contributed by atoms with Gasteiger partial charge in [-0.15, -0.1) is 11.3 Å². The summed E-state index contributed by atoms with van der Waals surface area (Å²) in [4.78, 5) is 35.7. The summed E-state index contributed by atoms with van der Waals surface area (Å²) in [6.45, 7) is 1.92. The van der Waals surface area contributed by atoms with Crippen LogP contribution in [0.4, 0.5) is 0 Å². The lowest BCUT2D eigenvalue weighted by atomic mass is 10.3. The normalized spacial score (nSPS) is 13.9. The number of carbonyl (C=O) groups excluding carboxylic acids is 3. The van der Waals surface area contributed by atoms with Gasteiger partial charge in [0.25, 0.3) is 0 Å². The first kappa shape index (κ1) is 13.7. The Hall–Kier alpha value is -1.69. The Morgan fingerprint density at radius 2 is 2.00 bits per heavy atom. The van der Waals surface area contributed by atoms with Crippen molar-refractivity contribution in [2.45, 2.75) is 32.2 Å². The molecule has 0 atom stereocenters. The van der Waals surface area contributed by atoms with Gasteiger partial charge in [0.15, 0.2) is 5.78 Å². The lowest BCUT2D eigenvalue weighted by molar-refractivity contribution is -0.139. The van der Waals surface area contributed by atoms with Crippen LogP contribution in [0.3, 0.4) is 0 Å². The molecule has 19 heavy (non-hydrogen) atoms. The Kier molecular flexibility index (Phi) is 4.31. The third-order valence-corrected chi connectivity index (χ3v) is 4.03. The zero-order valence-corrected chi connectivity index (χ0v) is 11.5. The highest BCUT2D eigenvalue weighted by molar-refractivity contribution is 7.14. The maximum Gasteiger partial charge on any atom is 0.309 e. The van der Waals surface area contributed by atoms with Crippen LogP contribution in [0.15, 0.2) is 12.1 Å². The van der Waals surface area contributed by atoms with Gasteiger partial charge in [-0.3, -0.25) is 14.4 Å². The highest BCUT2D eigenvalue weighted by Gasteiger charge is 2.26. The summed E-state index contributed by atoms with van der Waals surface area (Å²) < 4.78 is 0. The van der Waals surface area contributed by atoms with E-state index in [1.54, 1.807) is 6.07 Å². The van der Waals surface area contributed by atoms with Crippen molar-refractivity contribution in [3.8, 4) is 0 Å². The topological polar surface area (TPSA) is 75.3 Å². The summed E-state index contributed by atoms with van der Waals surface area (Å²) in [5, 5.41) is 5.20. The minimum atomic E-state index is -0.588. The van der Waals surface area contributed by atoms with E-state index in [1.807, 2.05) is 6.07 Å². The largest absolute Gasteiger partial charge is 0.347 e. The molecule has 1 aromatic heterocycles. The lowest BCUT2D eigenvalue weighted by Crippen LogP contribution is -2.41. The van der Waals surface area contributed by atoms with E-state index in [9.17, 15) is 14.4 Å². The highest BCUT2D eigenvalue weighted by atomic mass is 32.1. The number of ketones is 1. The standard InChI is InChI=1S/C13H16N2O3S/c1-8(16)11-5-4-10(19-11)6-7-14-12(17)13(18)15-9-2-3-9/h4-5,9H,2-3,6-7H2,1H3,(H,14,17)(H,15,18). The third-order valence-electron chi connectivity index (χ3n) is 2.78. The molecule has 0 radical (unpaired) electrons. The fourth-order valence-electron chi connectivity index (χ4n) is 1.56. The Labute approximate surface area is 115 Å². The van der Waals surface area contributed by atoms with Crippen molar-refractivity contribution in [2.24, 2.45) is 0 Å². The van der Waals surface area contributed by atoms with Gasteiger partial charge in [-0.2, -0.15) is 0 Å². The molecule has 0 aromatic carbocycles. The van der Waals surface area contributed by atoms with Crippen LogP contribution in [-0.2, 0) is 16.0 Å². The smallest absolute Gasteiger partial charge is 0.309 e. The first-order valence-electron chi connectivity index (χ1n) is 6.24. The minimum absolute atomic E-state index is 0.0455. The molecule has 1 aromatic rings. The Morgan fingerprint density at radius 3 is 2.58 bits per heavy atom. The van der Waals surface area contributed by atoms with Gasteiger partial charge < -0.3 is 10.6 Å². The van der Waals surface area contributed by atoms with Gasteiger partial charge in [-0.25, -0.2) is 0 Å². The highest BCUT2D eigenvalue weighted by Crippen LogP contribution is 2.18. The predicted molar refractivity (Wildman–Crippen MR) is 72.2 cm³/mol. The summed E-state index contributed by atoms with van der Waals surface area (Å²) >= 11 is 1.42. The molecule has 2 N–H and O–H groups in total. The molecular formula is C13H16N2O3S. The summed E-state index contributed by atoms with van der Waals surface area (Å²) in [6.07, 6.45) is 2.55. The molecular weight excluding hydrogens is 264 g/mol. The van der Waals surface area contributed by atoms with Crippen LogP contribution in [0, 0.1) is 0 Å². The van der Waals surface area contributed by atoms with E-state index in [1.165, 1.54) is 18.3 Å². The Bertz CT molecular complexity index is 506. The van der Waals surface area contributed by atoms with Crippen LogP contribution < -0.4 is 10.6 Å². The molecule has 6 heteroatoms. The molecule has 102 valence electrons. The van der Waals surface area contributed by atoms with E-state index >= 15 is 0 Å². The number of Topliss-reactive ketones (excluding diaryl/α,β-unsaturated/α-hetero) is 1. The van der Waals surface area contributed by atoms with Gasteiger partial charge in [-0.05, 0) is 38.3 Å². The fraction of sp³-hybridized carbons (Fsp3) is 0.462.